The van der Waals surface area contributed by atoms with Gasteiger partial charge in [0.2, 0.25) is 0 Å². The molecule has 166 valence electrons. The lowest BCUT2D eigenvalue weighted by Crippen LogP contribution is -2.35. The Morgan fingerprint density at radius 3 is 2.66 bits per heavy atom. The third kappa shape index (κ3) is 4.17. The molecule has 6 nitrogen and oxygen atoms in total. The average Bonchev–Trinajstić information content (AvgIpc) is 3.25. The zero-order valence-electron chi connectivity index (χ0n) is 18.2. The lowest BCUT2D eigenvalue weighted by Gasteiger charge is -2.27. The number of nitrogens with one attached hydrogen (secondary N) is 1. The van der Waals surface area contributed by atoms with E-state index in [1.807, 2.05) is 41.3 Å². The fourth-order valence-corrected chi connectivity index (χ4v) is 5.12. The number of ether oxygens (including phenoxy) is 1. The van der Waals surface area contributed by atoms with Crippen LogP contribution in [0.2, 0.25) is 0 Å². The van der Waals surface area contributed by atoms with E-state index in [1.165, 1.54) is 0 Å². The summed E-state index contributed by atoms with van der Waals surface area (Å²) in [6, 6.07) is 15.7. The van der Waals surface area contributed by atoms with E-state index >= 15 is 0 Å². The van der Waals surface area contributed by atoms with Gasteiger partial charge in [-0.25, -0.2) is 0 Å². The highest BCUT2D eigenvalue weighted by Crippen LogP contribution is 2.41. The number of thiocarbonyl (C=S) groups is 1. The minimum Gasteiger partial charge on any atom is -0.465 e. The van der Waals surface area contributed by atoms with E-state index in [2.05, 4.69) is 56.8 Å². The molecule has 32 heavy (non-hydrogen) atoms. The predicted octanol–water partition coefficient (Wildman–Crippen LogP) is 4.79. The zero-order valence-corrected chi connectivity index (χ0v) is 20.6. The third-order valence-corrected chi connectivity index (χ3v) is 6.71. The Balaban J connectivity index is 1.83. The maximum atomic E-state index is 12.4. The van der Waals surface area contributed by atoms with Crippen molar-refractivity contribution in [2.24, 2.45) is 0 Å². The molecule has 0 aliphatic carbocycles. The van der Waals surface area contributed by atoms with Crippen LogP contribution in [0.4, 0.5) is 0 Å². The number of aryl methyl sites for hydroxylation is 1. The molecule has 1 N–H and O–H groups in total. The number of para-hydroxylation sites is 1. The number of aromatic nitrogens is 2. The van der Waals surface area contributed by atoms with E-state index in [9.17, 15) is 4.79 Å². The van der Waals surface area contributed by atoms with Gasteiger partial charge in [0.1, 0.15) is 6.54 Å². The summed E-state index contributed by atoms with van der Waals surface area (Å²) in [5.41, 5.74) is 5.20. The van der Waals surface area contributed by atoms with Gasteiger partial charge in [-0.3, -0.25) is 9.78 Å². The fourth-order valence-electron chi connectivity index (χ4n) is 4.35. The molecule has 0 bridgehead atoms. The number of carbonyl (C=O) groups is 1. The van der Waals surface area contributed by atoms with Gasteiger partial charge >= 0.3 is 5.97 Å². The number of pyridine rings is 1. The molecule has 1 fully saturated rings. The quantitative estimate of drug-likeness (QED) is 0.378. The summed E-state index contributed by atoms with van der Waals surface area (Å²) < 4.78 is 8.46. The zero-order chi connectivity index (χ0) is 22.8. The summed E-state index contributed by atoms with van der Waals surface area (Å²) >= 11 is 9.34. The number of esters is 1. The highest BCUT2D eigenvalue weighted by atomic mass is 79.9. The molecule has 3 aromatic rings. The van der Waals surface area contributed by atoms with E-state index in [0.717, 1.165) is 32.8 Å². The second-order valence-corrected chi connectivity index (χ2v) is 8.91. The van der Waals surface area contributed by atoms with Crippen molar-refractivity contribution >= 4 is 39.2 Å². The standard InChI is InChI=1S/C24H25BrN4O2S/c1-4-31-21(30)14-28-23(22(27-24(28)32)19-10-7-8-12-26-19)17-13-15(2)29(16(17)3)20-11-6-5-9-18(20)25/h5-13,22-23H,4,14H2,1-3H3,(H,27,32)/t22-,23-/m1/s1. The van der Waals surface area contributed by atoms with Crippen LogP contribution in [0, 0.1) is 13.8 Å². The van der Waals surface area contributed by atoms with Crippen LogP contribution >= 0.6 is 28.1 Å². The van der Waals surface area contributed by atoms with Crippen molar-refractivity contribution in [2.45, 2.75) is 32.9 Å². The van der Waals surface area contributed by atoms with E-state index < -0.39 is 0 Å². The highest BCUT2D eigenvalue weighted by molar-refractivity contribution is 9.10. The number of benzene rings is 1. The topological polar surface area (TPSA) is 59.4 Å². The molecular weight excluding hydrogens is 488 g/mol. The molecule has 3 heterocycles. The van der Waals surface area contributed by atoms with Gasteiger partial charge in [0.05, 0.1) is 30.1 Å². The van der Waals surface area contributed by atoms with Crippen LogP contribution in [-0.2, 0) is 9.53 Å². The van der Waals surface area contributed by atoms with E-state index in [-0.39, 0.29) is 24.6 Å². The summed E-state index contributed by atoms with van der Waals surface area (Å²) in [6.07, 6.45) is 1.77. The Morgan fingerprint density at radius 2 is 1.97 bits per heavy atom. The van der Waals surface area contributed by atoms with Gasteiger partial charge in [0.25, 0.3) is 0 Å². The lowest BCUT2D eigenvalue weighted by atomic mass is 9.97. The minimum absolute atomic E-state index is 0.0758. The van der Waals surface area contributed by atoms with Gasteiger partial charge in [-0.1, -0.05) is 18.2 Å². The molecule has 1 saturated heterocycles. The second-order valence-electron chi connectivity index (χ2n) is 7.67. The first-order valence-electron chi connectivity index (χ1n) is 10.5. The average molecular weight is 513 g/mol. The van der Waals surface area contributed by atoms with Gasteiger partial charge in [-0.15, -0.1) is 0 Å². The van der Waals surface area contributed by atoms with Crippen LogP contribution in [0.25, 0.3) is 5.69 Å². The molecular formula is C24H25BrN4O2S. The summed E-state index contributed by atoms with van der Waals surface area (Å²) in [6.45, 7) is 6.39. The van der Waals surface area contributed by atoms with Crippen molar-refractivity contribution < 1.29 is 9.53 Å². The molecule has 1 aliphatic heterocycles. The van der Waals surface area contributed by atoms with Crippen LogP contribution < -0.4 is 5.32 Å². The maximum absolute atomic E-state index is 12.4. The normalized spacial score (nSPS) is 18.0. The lowest BCUT2D eigenvalue weighted by molar-refractivity contribution is -0.143. The van der Waals surface area contributed by atoms with Gasteiger partial charge in [0, 0.05) is 22.1 Å². The third-order valence-electron chi connectivity index (χ3n) is 5.68. The minimum atomic E-state index is -0.303. The summed E-state index contributed by atoms with van der Waals surface area (Å²) in [5, 5.41) is 3.91. The number of carbonyl (C=O) groups excluding carboxylic acids is 1. The van der Waals surface area contributed by atoms with Crippen molar-refractivity contribution in [3.63, 3.8) is 0 Å². The number of nitrogens with zero attached hydrogens (tertiary/aromatic N) is 3. The number of hydrogen-bond donors (Lipinski definition) is 1. The number of hydrogen-bond acceptors (Lipinski definition) is 4. The van der Waals surface area contributed by atoms with Crippen molar-refractivity contribution in [1.29, 1.82) is 0 Å². The predicted molar refractivity (Wildman–Crippen MR) is 132 cm³/mol. The molecule has 2 aromatic heterocycles. The Kier molecular flexibility index (Phi) is 6.62. The van der Waals surface area contributed by atoms with Crippen molar-refractivity contribution in [3.05, 3.63) is 81.8 Å². The van der Waals surface area contributed by atoms with Crippen LogP contribution in [0.1, 0.15) is 41.7 Å². The molecule has 0 radical (unpaired) electrons. The molecule has 1 aromatic carbocycles. The summed E-state index contributed by atoms with van der Waals surface area (Å²) in [5.74, 6) is -0.303. The van der Waals surface area contributed by atoms with Crippen molar-refractivity contribution in [1.82, 2.24) is 19.8 Å². The summed E-state index contributed by atoms with van der Waals surface area (Å²) in [4.78, 5) is 18.9. The summed E-state index contributed by atoms with van der Waals surface area (Å²) in [7, 11) is 0. The Labute approximate surface area is 201 Å². The molecule has 2 atom stereocenters. The van der Waals surface area contributed by atoms with Gasteiger partial charge in [-0.05, 0) is 84.8 Å². The number of rotatable bonds is 6. The van der Waals surface area contributed by atoms with Crippen LogP contribution in [0.15, 0.2) is 59.2 Å². The molecule has 1 aliphatic rings. The number of halogens is 1. The second kappa shape index (κ2) is 9.42. The Hall–Kier alpha value is -2.71. The molecule has 0 amide bonds. The van der Waals surface area contributed by atoms with Crippen molar-refractivity contribution in [3.8, 4) is 5.69 Å². The largest absolute Gasteiger partial charge is 0.465 e. The molecule has 0 unspecified atom stereocenters. The maximum Gasteiger partial charge on any atom is 0.325 e. The van der Waals surface area contributed by atoms with E-state index in [1.54, 1.807) is 13.1 Å². The molecule has 0 saturated carbocycles. The molecule has 0 spiro atoms. The van der Waals surface area contributed by atoms with Crippen molar-refractivity contribution in [2.75, 3.05) is 13.2 Å². The Morgan fingerprint density at radius 1 is 1.22 bits per heavy atom. The van der Waals surface area contributed by atoms with Gasteiger partial charge < -0.3 is 19.5 Å². The highest BCUT2D eigenvalue weighted by Gasteiger charge is 2.42. The van der Waals surface area contributed by atoms with E-state index in [0.29, 0.717) is 11.7 Å². The smallest absolute Gasteiger partial charge is 0.325 e. The van der Waals surface area contributed by atoms with Gasteiger partial charge in [0.15, 0.2) is 5.11 Å². The molecule has 4 rings (SSSR count). The fraction of sp³-hybridized carbons (Fsp3) is 0.292. The SMILES string of the molecule is CCOC(=O)CN1C(=S)N[C@H](c2ccccn2)[C@H]1c1cc(C)n(-c2ccccc2Br)c1C. The van der Waals surface area contributed by atoms with Crippen LogP contribution in [-0.4, -0.2) is 38.7 Å². The first-order chi connectivity index (χ1) is 15.4. The molecule has 8 heteroatoms. The first kappa shape index (κ1) is 22.5. The Bertz CT molecular complexity index is 1150. The van der Waals surface area contributed by atoms with Crippen LogP contribution in [0.5, 0.6) is 0 Å². The van der Waals surface area contributed by atoms with Gasteiger partial charge in [-0.2, -0.15) is 0 Å². The van der Waals surface area contributed by atoms with E-state index in [4.69, 9.17) is 17.0 Å². The van der Waals surface area contributed by atoms with Crippen LogP contribution in [0.3, 0.4) is 0 Å². The monoisotopic (exact) mass is 512 g/mol. The first-order valence-corrected chi connectivity index (χ1v) is 11.7.